The van der Waals surface area contributed by atoms with E-state index in [1.165, 1.54) is 11.8 Å². The first-order valence-corrected chi connectivity index (χ1v) is 16.8. The number of imidazole rings is 1. The summed E-state index contributed by atoms with van der Waals surface area (Å²) in [4.78, 5) is 19.8. The summed E-state index contributed by atoms with van der Waals surface area (Å²) < 4.78 is 16.1. The zero-order chi connectivity index (χ0) is 32.8. The molecule has 46 heavy (non-hydrogen) atoms. The lowest BCUT2D eigenvalue weighted by Crippen LogP contribution is -2.24. The van der Waals surface area contributed by atoms with E-state index >= 15 is 0 Å². The highest BCUT2D eigenvalue weighted by Crippen LogP contribution is 2.31. The largest absolute Gasteiger partial charge is 0.372 e. The summed E-state index contributed by atoms with van der Waals surface area (Å²) in [5, 5.41) is 4.60. The predicted octanol–water partition coefficient (Wildman–Crippen LogP) is 10.3. The number of Topliss-reactive ketones (excluding diaryl/α,β-unsaturated/α-hetero) is 1. The SMILES string of the molecule is CCCN(CCC)c1ccc(-c2nc3cc(C(CC(C)=O)NCc4ccc(Cl)c(Cl)c4)ccc3n2Cc2ccc(F)c(Cl)c2)cc1. The molecule has 0 radical (unpaired) electrons. The van der Waals surface area contributed by atoms with Crippen molar-refractivity contribution < 1.29 is 9.18 Å². The Morgan fingerprint density at radius 1 is 0.870 bits per heavy atom. The smallest absolute Gasteiger partial charge is 0.141 e. The first-order valence-electron chi connectivity index (χ1n) is 15.6. The van der Waals surface area contributed by atoms with Gasteiger partial charge in [0.25, 0.3) is 0 Å². The Labute approximate surface area is 285 Å². The number of hydrogen-bond acceptors (Lipinski definition) is 4. The van der Waals surface area contributed by atoms with E-state index in [9.17, 15) is 9.18 Å². The predicted molar refractivity (Wildman–Crippen MR) is 190 cm³/mol. The van der Waals surface area contributed by atoms with Crippen molar-refractivity contribution in [1.29, 1.82) is 0 Å². The molecule has 0 saturated carbocycles. The van der Waals surface area contributed by atoms with Crippen molar-refractivity contribution in [2.45, 2.75) is 59.2 Å². The minimum atomic E-state index is -0.449. The molecule has 0 aliphatic heterocycles. The van der Waals surface area contributed by atoms with Crippen LogP contribution in [0.3, 0.4) is 0 Å². The summed E-state index contributed by atoms with van der Waals surface area (Å²) >= 11 is 18.5. The van der Waals surface area contributed by atoms with Crippen LogP contribution in [0.2, 0.25) is 15.1 Å². The maximum atomic E-state index is 14.0. The van der Waals surface area contributed by atoms with E-state index in [1.54, 1.807) is 25.1 Å². The molecule has 4 aromatic carbocycles. The minimum absolute atomic E-state index is 0.0754. The van der Waals surface area contributed by atoms with Crippen LogP contribution in [-0.2, 0) is 17.9 Å². The number of carbonyl (C=O) groups excluding carboxylic acids is 1. The molecule has 9 heteroatoms. The Bertz CT molecular complexity index is 1820. The van der Waals surface area contributed by atoms with Gasteiger partial charge in [0, 0.05) is 49.9 Å². The Morgan fingerprint density at radius 2 is 1.57 bits per heavy atom. The average molecular weight is 680 g/mol. The molecule has 0 saturated heterocycles. The monoisotopic (exact) mass is 678 g/mol. The third-order valence-corrected chi connectivity index (χ3v) is 9.03. The number of hydrogen-bond donors (Lipinski definition) is 1. The number of benzene rings is 4. The maximum Gasteiger partial charge on any atom is 0.141 e. The molecule has 5 aromatic rings. The van der Waals surface area contributed by atoms with Crippen molar-refractivity contribution >= 4 is 57.3 Å². The molecule has 0 spiro atoms. The van der Waals surface area contributed by atoms with Crippen molar-refractivity contribution in [2.24, 2.45) is 0 Å². The topological polar surface area (TPSA) is 50.2 Å². The molecule has 0 aliphatic carbocycles. The molecule has 1 atom stereocenters. The zero-order valence-electron chi connectivity index (χ0n) is 26.3. The summed E-state index contributed by atoms with van der Waals surface area (Å²) in [5.41, 5.74) is 6.66. The summed E-state index contributed by atoms with van der Waals surface area (Å²) in [5.74, 6) is 0.421. The van der Waals surface area contributed by atoms with Gasteiger partial charge in [-0.15, -0.1) is 0 Å². The van der Waals surface area contributed by atoms with Crippen molar-refractivity contribution in [2.75, 3.05) is 18.0 Å². The Kier molecular flexibility index (Phi) is 11.4. The minimum Gasteiger partial charge on any atom is -0.372 e. The van der Waals surface area contributed by atoms with E-state index in [-0.39, 0.29) is 16.8 Å². The van der Waals surface area contributed by atoms with Crippen molar-refractivity contribution in [3.05, 3.63) is 116 Å². The second kappa shape index (κ2) is 15.4. The fourth-order valence-corrected chi connectivity index (χ4v) is 6.31. The van der Waals surface area contributed by atoms with E-state index in [0.29, 0.717) is 29.6 Å². The van der Waals surface area contributed by atoms with Gasteiger partial charge in [0.2, 0.25) is 0 Å². The van der Waals surface area contributed by atoms with Gasteiger partial charge >= 0.3 is 0 Å². The molecular weight excluding hydrogens is 642 g/mol. The van der Waals surface area contributed by atoms with E-state index in [0.717, 1.165) is 65.0 Å². The van der Waals surface area contributed by atoms with E-state index in [1.807, 2.05) is 30.3 Å². The molecule has 1 unspecified atom stereocenters. The van der Waals surface area contributed by atoms with E-state index in [4.69, 9.17) is 39.8 Å². The van der Waals surface area contributed by atoms with Gasteiger partial charge in [-0.3, -0.25) is 4.79 Å². The first kappa shape index (κ1) is 33.9. The quantitative estimate of drug-likeness (QED) is 0.127. The van der Waals surface area contributed by atoms with Crippen LogP contribution in [0, 0.1) is 5.82 Å². The van der Waals surface area contributed by atoms with Crippen LogP contribution < -0.4 is 10.2 Å². The third kappa shape index (κ3) is 8.10. The van der Waals surface area contributed by atoms with Crippen LogP contribution in [0.25, 0.3) is 22.4 Å². The van der Waals surface area contributed by atoms with Crippen LogP contribution in [0.1, 0.15) is 62.8 Å². The van der Waals surface area contributed by atoms with E-state index in [2.05, 4.69) is 52.9 Å². The lowest BCUT2D eigenvalue weighted by molar-refractivity contribution is -0.117. The molecule has 1 N–H and O–H groups in total. The van der Waals surface area contributed by atoms with Crippen LogP contribution in [-0.4, -0.2) is 28.4 Å². The molecular formula is C37H38Cl3FN4O. The lowest BCUT2D eigenvalue weighted by Gasteiger charge is -2.24. The average Bonchev–Trinajstić information content (AvgIpc) is 3.39. The maximum absolute atomic E-state index is 14.0. The van der Waals surface area contributed by atoms with Gasteiger partial charge in [-0.25, -0.2) is 9.37 Å². The molecule has 0 aliphatic rings. The number of anilines is 1. The first-order chi connectivity index (χ1) is 22.2. The number of nitrogens with one attached hydrogen (secondary N) is 1. The van der Waals surface area contributed by atoms with Gasteiger partial charge in [-0.05, 0) is 97.1 Å². The van der Waals surface area contributed by atoms with Gasteiger partial charge in [0.05, 0.1) is 26.1 Å². The summed E-state index contributed by atoms with van der Waals surface area (Å²) in [6.45, 7) is 8.95. The van der Waals surface area contributed by atoms with Crippen LogP contribution in [0.4, 0.5) is 10.1 Å². The van der Waals surface area contributed by atoms with Gasteiger partial charge in [0.1, 0.15) is 17.4 Å². The van der Waals surface area contributed by atoms with Gasteiger partial charge in [-0.2, -0.15) is 0 Å². The highest BCUT2D eigenvalue weighted by molar-refractivity contribution is 6.42. The van der Waals surface area contributed by atoms with Crippen LogP contribution in [0.5, 0.6) is 0 Å². The number of aromatic nitrogens is 2. The normalized spacial score (nSPS) is 12.1. The fraction of sp³-hybridized carbons (Fsp3) is 0.297. The second-order valence-corrected chi connectivity index (χ2v) is 12.9. The summed E-state index contributed by atoms with van der Waals surface area (Å²) in [7, 11) is 0. The highest BCUT2D eigenvalue weighted by Gasteiger charge is 2.19. The second-order valence-electron chi connectivity index (χ2n) is 11.6. The molecule has 5 rings (SSSR count). The van der Waals surface area contributed by atoms with E-state index < -0.39 is 5.82 Å². The Hall–Kier alpha value is -3.42. The van der Waals surface area contributed by atoms with Crippen LogP contribution in [0.15, 0.2) is 78.9 Å². The van der Waals surface area contributed by atoms with Crippen LogP contribution >= 0.6 is 34.8 Å². The van der Waals surface area contributed by atoms with Crippen molar-refractivity contribution in [3.63, 3.8) is 0 Å². The van der Waals surface area contributed by atoms with Gasteiger partial charge in [0.15, 0.2) is 0 Å². The molecule has 5 nitrogen and oxygen atoms in total. The van der Waals surface area contributed by atoms with Gasteiger partial charge in [-0.1, -0.05) is 66.8 Å². The lowest BCUT2D eigenvalue weighted by atomic mass is 10.0. The van der Waals surface area contributed by atoms with Crippen molar-refractivity contribution in [1.82, 2.24) is 14.9 Å². The zero-order valence-corrected chi connectivity index (χ0v) is 28.6. The highest BCUT2D eigenvalue weighted by atomic mass is 35.5. The summed E-state index contributed by atoms with van der Waals surface area (Å²) in [6, 6.07) is 24.7. The standard InChI is InChI=1S/C37H38Cl3FN4O/c1-4-16-44(17-5-2)29-11-8-27(9-12-29)37-43-35-21-28(10-15-36(35)45(37)23-26-7-14-33(41)32(40)20-26)34(18-24(3)46)42-22-25-6-13-30(38)31(39)19-25/h6-15,19-21,34,42H,4-5,16-18,22-23H2,1-3H3. The molecule has 0 fully saturated rings. The molecule has 0 amide bonds. The van der Waals surface area contributed by atoms with Gasteiger partial charge < -0.3 is 14.8 Å². The molecule has 240 valence electrons. The number of halogens is 4. The number of fused-ring (bicyclic) bond motifs is 1. The fourth-order valence-electron chi connectivity index (χ4n) is 5.78. The number of carbonyl (C=O) groups is 1. The number of rotatable bonds is 14. The Morgan fingerprint density at radius 3 is 2.22 bits per heavy atom. The summed E-state index contributed by atoms with van der Waals surface area (Å²) in [6.07, 6.45) is 2.47. The molecule has 1 heterocycles. The number of nitrogens with zero attached hydrogens (tertiary/aromatic N) is 3. The van der Waals surface area contributed by atoms with Crippen molar-refractivity contribution in [3.8, 4) is 11.4 Å². The third-order valence-electron chi connectivity index (χ3n) is 8.01. The Balaban J connectivity index is 1.53. The molecule has 0 bridgehead atoms. The number of ketones is 1. The molecule has 1 aromatic heterocycles.